The summed E-state index contributed by atoms with van der Waals surface area (Å²) in [5.41, 5.74) is 1.05. The number of carbonyl (C=O) groups excluding carboxylic acids is 1. The van der Waals surface area contributed by atoms with Gasteiger partial charge < -0.3 is 9.53 Å². The lowest BCUT2D eigenvalue weighted by Crippen LogP contribution is -2.08. The molecule has 0 amide bonds. The second-order valence-corrected chi connectivity index (χ2v) is 4.17. The second-order valence-electron chi connectivity index (χ2n) is 4.17. The van der Waals surface area contributed by atoms with Gasteiger partial charge in [0.2, 0.25) is 0 Å². The molecule has 0 aliphatic heterocycles. The molecule has 0 aliphatic carbocycles. The number of nitrogens with zero attached hydrogens (tertiary/aromatic N) is 1. The third kappa shape index (κ3) is 3.27. The number of hydrogen-bond donors (Lipinski definition) is 0. The lowest BCUT2D eigenvalue weighted by molar-refractivity contribution is -0.386. The van der Waals surface area contributed by atoms with Crippen LogP contribution in [-0.2, 0) is 16.1 Å². The van der Waals surface area contributed by atoms with Crippen LogP contribution in [0.25, 0.3) is 0 Å². The molecule has 0 radical (unpaired) electrons. The van der Waals surface area contributed by atoms with Gasteiger partial charge in [-0.15, -0.1) is 0 Å². The quantitative estimate of drug-likeness (QED) is 0.460. The Morgan fingerprint density at radius 1 is 1.10 bits per heavy atom. The molecule has 0 N–H and O–H groups in total. The van der Waals surface area contributed by atoms with Crippen molar-refractivity contribution in [3.63, 3.8) is 0 Å². The van der Waals surface area contributed by atoms with Gasteiger partial charge in [-0.2, -0.15) is 0 Å². The van der Waals surface area contributed by atoms with E-state index in [4.69, 9.17) is 4.74 Å². The Morgan fingerprint density at radius 2 is 1.75 bits per heavy atom. The van der Waals surface area contributed by atoms with E-state index in [1.807, 2.05) is 30.3 Å². The predicted molar refractivity (Wildman–Crippen MR) is 73.1 cm³/mol. The van der Waals surface area contributed by atoms with E-state index in [1.54, 1.807) is 12.1 Å². The molecule has 0 aliphatic rings. The van der Waals surface area contributed by atoms with Crippen molar-refractivity contribution in [3.05, 3.63) is 75.8 Å². The summed E-state index contributed by atoms with van der Waals surface area (Å²) in [6.07, 6.45) is -0.373. The number of aldehydes is 1. The van der Waals surface area contributed by atoms with Gasteiger partial charge in [-0.1, -0.05) is 42.5 Å². The molecule has 1 unspecified atom stereocenters. The van der Waals surface area contributed by atoms with Crippen molar-refractivity contribution in [2.75, 3.05) is 0 Å². The molecule has 2 aromatic carbocycles. The Morgan fingerprint density at radius 3 is 2.40 bits per heavy atom. The van der Waals surface area contributed by atoms with E-state index in [0.29, 0.717) is 6.29 Å². The summed E-state index contributed by atoms with van der Waals surface area (Å²) < 4.78 is 5.48. The average molecular weight is 271 g/mol. The number of rotatable bonds is 6. The Bertz CT molecular complexity index is 598. The van der Waals surface area contributed by atoms with Gasteiger partial charge in [-0.3, -0.25) is 10.1 Å². The Balaban J connectivity index is 2.17. The largest absolute Gasteiger partial charge is 0.361 e. The molecule has 102 valence electrons. The van der Waals surface area contributed by atoms with Gasteiger partial charge >= 0.3 is 0 Å². The first-order chi connectivity index (χ1) is 9.72. The van der Waals surface area contributed by atoms with Gasteiger partial charge in [0.1, 0.15) is 6.10 Å². The molecule has 2 rings (SSSR count). The van der Waals surface area contributed by atoms with Crippen molar-refractivity contribution in [3.8, 4) is 0 Å². The highest BCUT2D eigenvalue weighted by Gasteiger charge is 2.21. The van der Waals surface area contributed by atoms with Crippen LogP contribution in [0.3, 0.4) is 0 Å². The summed E-state index contributed by atoms with van der Waals surface area (Å²) in [4.78, 5) is 21.6. The van der Waals surface area contributed by atoms with E-state index >= 15 is 0 Å². The molecule has 5 nitrogen and oxygen atoms in total. The van der Waals surface area contributed by atoms with Gasteiger partial charge in [0, 0.05) is 6.07 Å². The molecule has 0 saturated carbocycles. The molecule has 2 aromatic rings. The van der Waals surface area contributed by atoms with E-state index in [2.05, 4.69) is 0 Å². The molecule has 0 aromatic heterocycles. The summed E-state index contributed by atoms with van der Waals surface area (Å²) in [6, 6.07) is 15.4. The lowest BCUT2D eigenvalue weighted by atomic mass is 10.1. The van der Waals surface area contributed by atoms with Gasteiger partial charge in [-0.05, 0) is 11.6 Å². The third-order valence-corrected chi connectivity index (χ3v) is 2.84. The van der Waals surface area contributed by atoms with Gasteiger partial charge in [0.25, 0.3) is 5.69 Å². The third-order valence-electron chi connectivity index (χ3n) is 2.84. The van der Waals surface area contributed by atoms with Crippen LogP contribution in [-0.4, -0.2) is 11.2 Å². The first-order valence-corrected chi connectivity index (χ1v) is 6.06. The Labute approximate surface area is 116 Å². The van der Waals surface area contributed by atoms with E-state index in [9.17, 15) is 14.9 Å². The zero-order valence-corrected chi connectivity index (χ0v) is 10.6. The maximum absolute atomic E-state index is 11.2. The van der Waals surface area contributed by atoms with E-state index in [-0.39, 0.29) is 17.9 Å². The molecule has 20 heavy (non-hydrogen) atoms. The zero-order chi connectivity index (χ0) is 14.4. The molecule has 0 spiro atoms. The first-order valence-electron chi connectivity index (χ1n) is 6.06. The minimum atomic E-state index is -0.947. The summed E-state index contributed by atoms with van der Waals surface area (Å²) in [6.45, 7) is 0.219. The lowest BCUT2D eigenvalue weighted by Gasteiger charge is -2.12. The number of hydrogen-bond acceptors (Lipinski definition) is 4. The van der Waals surface area contributed by atoms with E-state index in [0.717, 1.165) is 5.56 Å². The van der Waals surface area contributed by atoms with Gasteiger partial charge in [-0.25, -0.2) is 0 Å². The van der Waals surface area contributed by atoms with Crippen molar-refractivity contribution in [1.29, 1.82) is 0 Å². The molecular formula is C15H13NO4. The fourth-order valence-corrected chi connectivity index (χ4v) is 1.86. The highest BCUT2D eigenvalue weighted by Crippen LogP contribution is 2.26. The van der Waals surface area contributed by atoms with Crippen molar-refractivity contribution in [2.45, 2.75) is 12.7 Å². The molecule has 1 atom stereocenters. The van der Waals surface area contributed by atoms with E-state index < -0.39 is 11.0 Å². The SMILES string of the molecule is O=CC(OCc1ccccc1)c1ccccc1[N+](=O)[O-]. The van der Waals surface area contributed by atoms with Crippen molar-refractivity contribution >= 4 is 12.0 Å². The van der Waals surface area contributed by atoms with Crippen LogP contribution in [0.5, 0.6) is 0 Å². The number of para-hydroxylation sites is 1. The number of carbonyl (C=O) groups is 1. The summed E-state index contributed by atoms with van der Waals surface area (Å²) >= 11 is 0. The summed E-state index contributed by atoms with van der Waals surface area (Å²) in [5.74, 6) is 0. The Kier molecular flexibility index (Phi) is 4.57. The monoisotopic (exact) mass is 271 g/mol. The normalized spacial score (nSPS) is 11.8. The number of nitro groups is 1. The fraction of sp³-hybridized carbons (Fsp3) is 0.133. The maximum atomic E-state index is 11.2. The maximum Gasteiger partial charge on any atom is 0.275 e. The molecule has 0 saturated heterocycles. The minimum absolute atomic E-state index is 0.113. The topological polar surface area (TPSA) is 69.4 Å². The molecule has 5 heteroatoms. The average Bonchev–Trinajstić information content (AvgIpc) is 2.49. The van der Waals surface area contributed by atoms with Crippen LogP contribution in [0.4, 0.5) is 5.69 Å². The molecule has 0 bridgehead atoms. The summed E-state index contributed by atoms with van der Waals surface area (Å²) in [5, 5.41) is 11.0. The number of nitro benzene ring substituents is 1. The predicted octanol–water partition coefficient (Wildman–Crippen LogP) is 3.05. The van der Waals surface area contributed by atoms with Gasteiger partial charge in [0.05, 0.1) is 17.1 Å². The highest BCUT2D eigenvalue weighted by molar-refractivity contribution is 5.63. The number of ether oxygens (including phenoxy) is 1. The smallest absolute Gasteiger partial charge is 0.275 e. The minimum Gasteiger partial charge on any atom is -0.361 e. The van der Waals surface area contributed by atoms with E-state index in [1.165, 1.54) is 12.1 Å². The van der Waals surface area contributed by atoms with Crippen molar-refractivity contribution < 1.29 is 14.5 Å². The van der Waals surface area contributed by atoms with Gasteiger partial charge in [0.15, 0.2) is 6.29 Å². The fourth-order valence-electron chi connectivity index (χ4n) is 1.86. The Hall–Kier alpha value is -2.53. The highest BCUT2D eigenvalue weighted by atomic mass is 16.6. The van der Waals surface area contributed by atoms with Crippen LogP contribution < -0.4 is 0 Å². The molecule has 0 fully saturated rings. The standard InChI is InChI=1S/C15H13NO4/c17-10-15(20-11-12-6-2-1-3-7-12)13-8-4-5-9-14(13)16(18)19/h1-10,15H,11H2. The van der Waals surface area contributed by atoms with Crippen molar-refractivity contribution in [1.82, 2.24) is 0 Å². The summed E-state index contributed by atoms with van der Waals surface area (Å²) in [7, 11) is 0. The van der Waals surface area contributed by atoms with Crippen LogP contribution in [0.1, 0.15) is 17.2 Å². The van der Waals surface area contributed by atoms with Crippen LogP contribution >= 0.6 is 0 Å². The van der Waals surface area contributed by atoms with Crippen LogP contribution in [0.15, 0.2) is 54.6 Å². The first kappa shape index (κ1) is 13.9. The number of benzene rings is 2. The van der Waals surface area contributed by atoms with Crippen LogP contribution in [0, 0.1) is 10.1 Å². The molecule has 0 heterocycles. The zero-order valence-electron chi connectivity index (χ0n) is 10.6. The molecular weight excluding hydrogens is 258 g/mol. The second kappa shape index (κ2) is 6.58. The van der Waals surface area contributed by atoms with Crippen LogP contribution in [0.2, 0.25) is 0 Å². The van der Waals surface area contributed by atoms with Crippen molar-refractivity contribution in [2.24, 2.45) is 0 Å².